The van der Waals surface area contributed by atoms with Crippen LogP contribution in [0.25, 0.3) is 0 Å². The molecule has 1 aliphatic rings. The third-order valence-electron chi connectivity index (χ3n) is 2.38. The monoisotopic (exact) mass is 243 g/mol. The molecule has 0 spiro atoms. The quantitative estimate of drug-likeness (QED) is 0.681. The van der Waals surface area contributed by atoms with E-state index >= 15 is 0 Å². The summed E-state index contributed by atoms with van der Waals surface area (Å²) < 4.78 is 1.02. The van der Waals surface area contributed by atoms with Crippen molar-refractivity contribution >= 4 is 20.4 Å². The number of likely N-dealkylation sites (tertiary alicyclic amines) is 1. The van der Waals surface area contributed by atoms with Gasteiger partial charge in [-0.15, -0.1) is 0 Å². The Morgan fingerprint density at radius 1 is 1.31 bits per heavy atom. The van der Waals surface area contributed by atoms with Crippen molar-refractivity contribution in [1.82, 2.24) is 4.90 Å². The third kappa shape index (κ3) is 2.04. The second-order valence-corrected chi connectivity index (χ2v) is 5.32. The molecule has 1 aromatic heterocycles. The first-order valence-corrected chi connectivity index (χ1v) is 6.55. The topological polar surface area (TPSA) is 20.3 Å². The van der Waals surface area contributed by atoms with E-state index in [0.29, 0.717) is 14.5 Å². The number of carbonyl (C=O) groups is 1. The Labute approximate surface area is 84.3 Å². The van der Waals surface area contributed by atoms with Gasteiger partial charge in [0.1, 0.15) is 0 Å². The number of hydrogen-bond donors (Lipinski definition) is 0. The molecule has 0 aromatic carbocycles. The summed E-state index contributed by atoms with van der Waals surface area (Å²) in [5.74, 6) is 0.282. The Hall–Kier alpha value is -0.531. The summed E-state index contributed by atoms with van der Waals surface area (Å²) in [6, 6.07) is 3.97. The molecule has 13 heavy (non-hydrogen) atoms. The minimum absolute atomic E-state index is 0.282. The van der Waals surface area contributed by atoms with Crippen LogP contribution in [0.1, 0.15) is 28.5 Å². The molecule has 1 saturated heterocycles. The van der Waals surface area contributed by atoms with Gasteiger partial charge >= 0.3 is 84.0 Å². The van der Waals surface area contributed by atoms with E-state index in [2.05, 4.69) is 4.94 Å². The van der Waals surface area contributed by atoms with E-state index in [-0.39, 0.29) is 5.91 Å². The second-order valence-electron chi connectivity index (χ2n) is 3.33. The van der Waals surface area contributed by atoms with Gasteiger partial charge in [0.15, 0.2) is 0 Å². The summed E-state index contributed by atoms with van der Waals surface area (Å²) >= 11 is 0.300. The van der Waals surface area contributed by atoms with Gasteiger partial charge < -0.3 is 0 Å². The molecule has 0 bridgehead atoms. The molecule has 0 radical (unpaired) electrons. The van der Waals surface area contributed by atoms with Crippen molar-refractivity contribution in [2.45, 2.75) is 19.3 Å². The van der Waals surface area contributed by atoms with Crippen LogP contribution in [0, 0.1) is 0 Å². The van der Waals surface area contributed by atoms with Crippen LogP contribution in [-0.2, 0) is 0 Å². The normalized spacial score (nSPS) is 17.4. The van der Waals surface area contributed by atoms with Gasteiger partial charge in [0.25, 0.3) is 0 Å². The van der Waals surface area contributed by atoms with Crippen molar-refractivity contribution in [3.8, 4) is 0 Å². The molecule has 1 aromatic rings. The van der Waals surface area contributed by atoms with Crippen LogP contribution in [0.3, 0.4) is 0 Å². The molecule has 0 unspecified atom stereocenters. The van der Waals surface area contributed by atoms with Crippen LogP contribution in [0.4, 0.5) is 0 Å². The van der Waals surface area contributed by atoms with Crippen molar-refractivity contribution in [2.75, 3.05) is 13.1 Å². The molecule has 0 saturated carbocycles. The molecule has 1 fully saturated rings. The molecule has 2 nitrogen and oxygen atoms in total. The number of piperidine rings is 1. The molecule has 70 valence electrons. The first kappa shape index (κ1) is 9.04. The minimum atomic E-state index is 0.282. The molecule has 2 heterocycles. The molecule has 0 aliphatic carbocycles. The van der Waals surface area contributed by atoms with Gasteiger partial charge in [-0.25, -0.2) is 0 Å². The summed E-state index contributed by atoms with van der Waals surface area (Å²) in [7, 11) is 0. The summed E-state index contributed by atoms with van der Waals surface area (Å²) in [5.41, 5.74) is 0. The molecular formula is C10H13NOSe. The first-order chi connectivity index (χ1) is 6.38. The fourth-order valence-electron chi connectivity index (χ4n) is 1.65. The van der Waals surface area contributed by atoms with Gasteiger partial charge in [-0.2, -0.15) is 0 Å². The molecule has 0 atom stereocenters. The number of hydrogen-bond acceptors (Lipinski definition) is 1. The van der Waals surface area contributed by atoms with Crippen LogP contribution in [0.15, 0.2) is 17.1 Å². The Morgan fingerprint density at radius 2 is 2.08 bits per heavy atom. The molecule has 1 amide bonds. The van der Waals surface area contributed by atoms with E-state index in [4.69, 9.17) is 0 Å². The molecule has 2 rings (SSSR count). The van der Waals surface area contributed by atoms with E-state index in [1.54, 1.807) is 0 Å². The van der Waals surface area contributed by atoms with Crippen LogP contribution >= 0.6 is 0 Å². The fraction of sp³-hybridized carbons (Fsp3) is 0.500. The fourth-order valence-corrected chi connectivity index (χ4v) is 3.10. The molecule has 0 N–H and O–H groups in total. The third-order valence-corrected chi connectivity index (χ3v) is 4.18. The zero-order valence-electron chi connectivity index (χ0n) is 7.53. The number of carbonyl (C=O) groups excluding carboxylic acids is 1. The Bertz CT molecular complexity index is 275. The van der Waals surface area contributed by atoms with E-state index in [0.717, 1.165) is 17.5 Å². The molecular weight excluding hydrogens is 229 g/mol. The summed E-state index contributed by atoms with van der Waals surface area (Å²) in [4.78, 5) is 15.9. The predicted molar refractivity (Wildman–Crippen MR) is 53.1 cm³/mol. The zero-order valence-corrected chi connectivity index (χ0v) is 9.24. The number of amides is 1. The van der Waals surface area contributed by atoms with Gasteiger partial charge in [0.2, 0.25) is 0 Å². The van der Waals surface area contributed by atoms with E-state index in [1.165, 1.54) is 19.3 Å². The van der Waals surface area contributed by atoms with Gasteiger partial charge in [-0.1, -0.05) is 0 Å². The number of nitrogens with zero attached hydrogens (tertiary/aromatic N) is 1. The SMILES string of the molecule is O=C(c1ccc[se]1)N1CCCCC1. The number of rotatable bonds is 1. The predicted octanol–water partition coefficient (Wildman–Crippen LogP) is 1.37. The van der Waals surface area contributed by atoms with Crippen molar-refractivity contribution in [3.05, 3.63) is 21.5 Å². The maximum absolute atomic E-state index is 11.8. The van der Waals surface area contributed by atoms with Crippen molar-refractivity contribution in [2.24, 2.45) is 0 Å². The molecule has 3 heteroatoms. The average molecular weight is 242 g/mol. The van der Waals surface area contributed by atoms with Crippen LogP contribution in [0.2, 0.25) is 0 Å². The first-order valence-electron chi connectivity index (χ1n) is 4.71. The van der Waals surface area contributed by atoms with Crippen molar-refractivity contribution in [3.63, 3.8) is 0 Å². The molecule has 1 aliphatic heterocycles. The Kier molecular flexibility index (Phi) is 2.87. The summed E-state index contributed by atoms with van der Waals surface area (Å²) in [6.45, 7) is 1.93. The average Bonchev–Trinajstić information content (AvgIpc) is 2.71. The van der Waals surface area contributed by atoms with Gasteiger partial charge in [0.05, 0.1) is 0 Å². The Morgan fingerprint density at radius 3 is 2.69 bits per heavy atom. The maximum atomic E-state index is 11.8. The van der Waals surface area contributed by atoms with Gasteiger partial charge in [0, 0.05) is 0 Å². The van der Waals surface area contributed by atoms with E-state index in [9.17, 15) is 4.79 Å². The van der Waals surface area contributed by atoms with Crippen molar-refractivity contribution in [1.29, 1.82) is 0 Å². The van der Waals surface area contributed by atoms with Gasteiger partial charge in [-0.3, -0.25) is 0 Å². The zero-order chi connectivity index (χ0) is 9.10. The summed E-state index contributed by atoms with van der Waals surface area (Å²) in [6.07, 6.45) is 3.64. The Balaban J connectivity index is 2.04. The van der Waals surface area contributed by atoms with Crippen LogP contribution in [-0.4, -0.2) is 38.4 Å². The van der Waals surface area contributed by atoms with E-state index in [1.807, 2.05) is 17.0 Å². The summed E-state index contributed by atoms with van der Waals surface area (Å²) in [5, 5.41) is 0. The second kappa shape index (κ2) is 4.12. The van der Waals surface area contributed by atoms with Crippen LogP contribution < -0.4 is 0 Å². The van der Waals surface area contributed by atoms with Gasteiger partial charge in [-0.05, 0) is 0 Å². The van der Waals surface area contributed by atoms with Crippen LogP contribution in [0.5, 0.6) is 0 Å². The van der Waals surface area contributed by atoms with Crippen molar-refractivity contribution < 1.29 is 4.79 Å². The van der Waals surface area contributed by atoms with E-state index < -0.39 is 0 Å². The standard InChI is InChI=1S/C10H13NOSe/c12-10(9-5-4-8-13-9)11-6-2-1-3-7-11/h4-5,8H,1-3,6-7H2.